The van der Waals surface area contributed by atoms with E-state index in [1.54, 1.807) is 6.33 Å². The predicted molar refractivity (Wildman–Crippen MR) is 115 cm³/mol. The molecule has 0 bridgehead atoms. The van der Waals surface area contributed by atoms with Gasteiger partial charge in [-0.05, 0) is 44.6 Å². The average Bonchev–Trinajstić information content (AvgIpc) is 3.54. The summed E-state index contributed by atoms with van der Waals surface area (Å²) in [6, 6.07) is 4.51. The molecular formula is C23H30N4O3. The molecular weight excluding hydrogens is 380 g/mol. The second-order valence-electron chi connectivity index (χ2n) is 9.12. The van der Waals surface area contributed by atoms with Crippen molar-refractivity contribution in [1.29, 1.82) is 0 Å². The molecule has 1 amide bonds. The third kappa shape index (κ3) is 4.08. The van der Waals surface area contributed by atoms with Crippen molar-refractivity contribution >= 4 is 22.5 Å². The fraction of sp³-hybridized carbons (Fsp3) is 0.609. The van der Waals surface area contributed by atoms with Crippen LogP contribution in [-0.4, -0.2) is 54.3 Å². The van der Waals surface area contributed by atoms with Crippen molar-refractivity contribution in [3.63, 3.8) is 0 Å². The van der Waals surface area contributed by atoms with Crippen LogP contribution in [0.15, 0.2) is 24.7 Å². The van der Waals surface area contributed by atoms with E-state index >= 15 is 0 Å². The van der Waals surface area contributed by atoms with Crippen LogP contribution in [0.4, 0.5) is 5.69 Å². The van der Waals surface area contributed by atoms with Crippen molar-refractivity contribution in [1.82, 2.24) is 15.3 Å². The molecule has 2 saturated carbocycles. The van der Waals surface area contributed by atoms with Crippen LogP contribution in [-0.2, 0) is 9.53 Å². The maximum Gasteiger partial charge on any atom is 0.226 e. The quantitative estimate of drug-likeness (QED) is 0.816. The first kappa shape index (κ1) is 19.5. The van der Waals surface area contributed by atoms with Gasteiger partial charge < -0.3 is 19.7 Å². The minimum atomic E-state index is -0.105. The summed E-state index contributed by atoms with van der Waals surface area (Å²) >= 11 is 0. The summed E-state index contributed by atoms with van der Waals surface area (Å²) in [5.41, 5.74) is 1.92. The van der Waals surface area contributed by atoms with Crippen LogP contribution in [0.3, 0.4) is 0 Å². The van der Waals surface area contributed by atoms with Crippen LogP contribution in [0.1, 0.15) is 45.4 Å². The number of fused-ring (bicyclic) bond motifs is 1. The first-order valence-corrected chi connectivity index (χ1v) is 11.1. The molecule has 1 aromatic carbocycles. The monoisotopic (exact) mass is 410 g/mol. The van der Waals surface area contributed by atoms with E-state index in [9.17, 15) is 4.79 Å². The standard InChI is InChI=1S/C23H30N4O3/c1-23(6-7-23)22(28)26-16-2-4-18(5-3-16)30-21-13-17(27-8-10-29-11-9-27)12-20-19(21)14-24-15-25-20/h12-16,18H,2-11H2,1H3,(H,26,28)/t16-,18+. The number of benzene rings is 1. The van der Waals surface area contributed by atoms with Crippen molar-refractivity contribution in [2.45, 2.75) is 57.6 Å². The zero-order valence-electron chi connectivity index (χ0n) is 17.6. The minimum Gasteiger partial charge on any atom is -0.490 e. The Morgan fingerprint density at radius 3 is 2.70 bits per heavy atom. The first-order chi connectivity index (χ1) is 14.6. The van der Waals surface area contributed by atoms with Gasteiger partial charge in [-0.1, -0.05) is 6.92 Å². The fourth-order valence-corrected chi connectivity index (χ4v) is 4.42. The Bertz CT molecular complexity index is 916. The molecule has 0 spiro atoms. The Kier molecular flexibility index (Phi) is 5.23. The molecule has 7 nitrogen and oxygen atoms in total. The SMILES string of the molecule is CC1(C(=O)N[C@H]2CC[C@@H](Oc3cc(N4CCOCC4)cc4ncncc34)CC2)CC1. The van der Waals surface area contributed by atoms with Gasteiger partial charge in [0.2, 0.25) is 5.91 Å². The lowest BCUT2D eigenvalue weighted by Gasteiger charge is -2.32. The molecule has 5 rings (SSSR count). The van der Waals surface area contributed by atoms with Gasteiger partial charge in [0, 0.05) is 42.5 Å². The Balaban J connectivity index is 1.27. The Morgan fingerprint density at radius 2 is 1.97 bits per heavy atom. The summed E-state index contributed by atoms with van der Waals surface area (Å²) in [7, 11) is 0. The van der Waals surface area contributed by atoms with Gasteiger partial charge >= 0.3 is 0 Å². The second kappa shape index (κ2) is 8.02. The molecule has 30 heavy (non-hydrogen) atoms. The van der Waals surface area contributed by atoms with Gasteiger partial charge in [0.15, 0.2) is 0 Å². The number of aromatic nitrogens is 2. The number of amides is 1. The molecule has 2 heterocycles. The van der Waals surface area contributed by atoms with Crippen LogP contribution in [0.25, 0.3) is 10.9 Å². The van der Waals surface area contributed by atoms with E-state index in [-0.39, 0.29) is 23.5 Å². The number of rotatable bonds is 5. The third-order valence-corrected chi connectivity index (χ3v) is 6.80. The highest BCUT2D eigenvalue weighted by Crippen LogP contribution is 2.45. The van der Waals surface area contributed by atoms with E-state index < -0.39 is 0 Å². The Morgan fingerprint density at radius 1 is 1.20 bits per heavy atom. The van der Waals surface area contributed by atoms with Crippen LogP contribution in [0, 0.1) is 5.41 Å². The number of morpholine rings is 1. The van der Waals surface area contributed by atoms with Gasteiger partial charge in [-0.25, -0.2) is 9.97 Å². The van der Waals surface area contributed by atoms with Crippen molar-refractivity contribution in [3.05, 3.63) is 24.7 Å². The van der Waals surface area contributed by atoms with Gasteiger partial charge in [0.1, 0.15) is 12.1 Å². The molecule has 3 aliphatic rings. The fourth-order valence-electron chi connectivity index (χ4n) is 4.42. The van der Waals surface area contributed by atoms with Gasteiger partial charge in [0.25, 0.3) is 0 Å². The predicted octanol–water partition coefficient (Wildman–Crippen LogP) is 3.07. The number of carbonyl (C=O) groups is 1. The maximum atomic E-state index is 12.3. The number of nitrogens with one attached hydrogen (secondary N) is 1. The maximum absolute atomic E-state index is 12.3. The van der Waals surface area contributed by atoms with Crippen LogP contribution < -0.4 is 15.0 Å². The zero-order chi connectivity index (χ0) is 20.6. The van der Waals surface area contributed by atoms with Gasteiger partial charge in [0.05, 0.1) is 30.2 Å². The lowest BCUT2D eigenvalue weighted by atomic mass is 9.92. The van der Waals surface area contributed by atoms with Crippen molar-refractivity contribution in [3.8, 4) is 5.75 Å². The molecule has 2 aliphatic carbocycles. The molecule has 7 heteroatoms. The molecule has 0 atom stereocenters. The summed E-state index contributed by atoms with van der Waals surface area (Å²) in [4.78, 5) is 23.3. The number of hydrogen-bond donors (Lipinski definition) is 1. The summed E-state index contributed by atoms with van der Waals surface area (Å²) in [6.07, 6.45) is 9.42. The normalized spacial score (nSPS) is 25.7. The van der Waals surface area contributed by atoms with E-state index in [1.807, 2.05) is 6.20 Å². The highest BCUT2D eigenvalue weighted by Gasteiger charge is 2.45. The minimum absolute atomic E-state index is 0.105. The zero-order valence-corrected chi connectivity index (χ0v) is 17.6. The largest absolute Gasteiger partial charge is 0.490 e. The number of nitrogens with zero attached hydrogens (tertiary/aromatic N) is 3. The number of hydrogen-bond acceptors (Lipinski definition) is 6. The summed E-state index contributed by atoms with van der Waals surface area (Å²) < 4.78 is 12.0. The molecule has 1 aliphatic heterocycles. The van der Waals surface area contributed by atoms with Gasteiger partial charge in [-0.3, -0.25) is 4.79 Å². The second-order valence-corrected chi connectivity index (χ2v) is 9.12. The Labute approximate surface area is 177 Å². The van der Waals surface area contributed by atoms with E-state index in [4.69, 9.17) is 9.47 Å². The molecule has 160 valence electrons. The van der Waals surface area contributed by atoms with E-state index in [1.165, 1.54) is 0 Å². The van der Waals surface area contributed by atoms with Crippen LogP contribution >= 0.6 is 0 Å². The number of anilines is 1. The third-order valence-electron chi connectivity index (χ3n) is 6.80. The highest BCUT2D eigenvalue weighted by atomic mass is 16.5. The van der Waals surface area contributed by atoms with Crippen molar-refractivity contribution in [2.75, 3.05) is 31.2 Å². The molecule has 1 N–H and O–H groups in total. The molecule has 3 fully saturated rings. The molecule has 1 saturated heterocycles. The van der Waals surface area contributed by atoms with Gasteiger partial charge in [-0.15, -0.1) is 0 Å². The molecule has 2 aromatic rings. The van der Waals surface area contributed by atoms with E-state index in [2.05, 4.69) is 39.2 Å². The summed E-state index contributed by atoms with van der Waals surface area (Å²) in [5, 5.41) is 4.21. The summed E-state index contributed by atoms with van der Waals surface area (Å²) in [5.74, 6) is 1.08. The number of ether oxygens (including phenoxy) is 2. The lowest BCUT2D eigenvalue weighted by Crippen LogP contribution is -2.42. The molecule has 0 unspecified atom stereocenters. The summed E-state index contributed by atoms with van der Waals surface area (Å²) in [6.45, 7) is 5.30. The molecule has 0 radical (unpaired) electrons. The van der Waals surface area contributed by atoms with E-state index in [0.717, 1.165) is 87.2 Å². The average molecular weight is 411 g/mol. The Hall–Kier alpha value is -2.41. The van der Waals surface area contributed by atoms with Crippen molar-refractivity contribution in [2.24, 2.45) is 5.41 Å². The van der Waals surface area contributed by atoms with Crippen LogP contribution in [0.5, 0.6) is 5.75 Å². The van der Waals surface area contributed by atoms with Crippen LogP contribution in [0.2, 0.25) is 0 Å². The van der Waals surface area contributed by atoms with Crippen molar-refractivity contribution < 1.29 is 14.3 Å². The first-order valence-electron chi connectivity index (χ1n) is 11.1. The smallest absolute Gasteiger partial charge is 0.226 e. The molecule has 1 aromatic heterocycles. The topological polar surface area (TPSA) is 76.6 Å². The number of carbonyl (C=O) groups excluding carboxylic acids is 1. The van der Waals surface area contributed by atoms with Gasteiger partial charge in [-0.2, -0.15) is 0 Å². The highest BCUT2D eigenvalue weighted by molar-refractivity contribution is 5.88. The lowest BCUT2D eigenvalue weighted by molar-refractivity contribution is -0.126. The van der Waals surface area contributed by atoms with E-state index in [0.29, 0.717) is 0 Å².